The van der Waals surface area contributed by atoms with Gasteiger partial charge in [0.05, 0.1) is 17.0 Å². The number of hydrogen-bond donors (Lipinski definition) is 1. The number of aromatic nitrogens is 2. The second kappa shape index (κ2) is 5.59. The summed E-state index contributed by atoms with van der Waals surface area (Å²) in [6, 6.07) is 4.17. The van der Waals surface area contributed by atoms with E-state index in [1.807, 2.05) is 0 Å². The number of anilines is 1. The van der Waals surface area contributed by atoms with E-state index >= 15 is 0 Å². The quantitative estimate of drug-likeness (QED) is 0.825. The van der Waals surface area contributed by atoms with E-state index in [1.165, 1.54) is 6.07 Å². The van der Waals surface area contributed by atoms with Crippen LogP contribution in [0.25, 0.3) is 10.9 Å². The first-order chi connectivity index (χ1) is 10.6. The molecule has 0 amide bonds. The largest absolute Gasteiger partial charge is 0.451 e. The summed E-state index contributed by atoms with van der Waals surface area (Å²) in [4.78, 5) is 7.10. The summed E-state index contributed by atoms with van der Waals surface area (Å²) in [5, 5.41) is 3.23. The predicted octanol–water partition coefficient (Wildman–Crippen LogP) is 3.01. The number of nitrogens with zero attached hydrogens (tertiary/aromatic N) is 2. The van der Waals surface area contributed by atoms with E-state index < -0.39 is 27.9 Å². The number of alkyl halides is 3. The van der Waals surface area contributed by atoms with Crippen molar-refractivity contribution in [3.63, 3.8) is 0 Å². The fourth-order valence-corrected chi connectivity index (χ4v) is 4.47. The minimum absolute atomic E-state index is 0.00859. The molecule has 1 unspecified atom stereocenters. The van der Waals surface area contributed by atoms with E-state index in [-0.39, 0.29) is 22.8 Å². The number of benzene rings is 1. The van der Waals surface area contributed by atoms with Gasteiger partial charge in [-0.05, 0) is 24.6 Å². The van der Waals surface area contributed by atoms with E-state index in [2.05, 4.69) is 31.2 Å². The van der Waals surface area contributed by atoms with Gasteiger partial charge in [-0.1, -0.05) is 15.9 Å². The molecule has 0 radical (unpaired) electrons. The van der Waals surface area contributed by atoms with Crippen LogP contribution in [-0.4, -0.2) is 35.9 Å². The Balaban J connectivity index is 2.07. The van der Waals surface area contributed by atoms with Crippen molar-refractivity contribution in [1.82, 2.24) is 9.97 Å². The lowest BCUT2D eigenvalue weighted by molar-refractivity contribution is -0.144. The van der Waals surface area contributed by atoms with Gasteiger partial charge in [0.25, 0.3) is 0 Å². The van der Waals surface area contributed by atoms with E-state index in [0.29, 0.717) is 16.3 Å². The van der Waals surface area contributed by atoms with E-state index in [9.17, 15) is 21.6 Å². The molecule has 0 bridgehead atoms. The number of fused-ring (bicyclic) bond motifs is 1. The molecule has 1 aromatic heterocycles. The molecule has 5 nitrogen and oxygen atoms in total. The highest BCUT2D eigenvalue weighted by molar-refractivity contribution is 9.10. The SMILES string of the molecule is O=S1(=O)CCC(Nc2nc(C(F)(F)F)nc3ccc(Br)cc23)C1. The fourth-order valence-electron chi connectivity index (χ4n) is 2.44. The van der Waals surface area contributed by atoms with Crippen molar-refractivity contribution in [3.8, 4) is 0 Å². The molecule has 1 aliphatic heterocycles. The molecule has 1 fully saturated rings. The van der Waals surface area contributed by atoms with Gasteiger partial charge in [-0.3, -0.25) is 0 Å². The van der Waals surface area contributed by atoms with Gasteiger partial charge in [-0.2, -0.15) is 13.2 Å². The Labute approximate surface area is 138 Å². The number of sulfone groups is 1. The highest BCUT2D eigenvalue weighted by atomic mass is 79.9. The van der Waals surface area contributed by atoms with Crippen molar-refractivity contribution < 1.29 is 21.6 Å². The highest BCUT2D eigenvalue weighted by Crippen LogP contribution is 2.32. The maximum atomic E-state index is 13.0. The number of halogens is 4. The average Bonchev–Trinajstić information content (AvgIpc) is 2.77. The summed E-state index contributed by atoms with van der Waals surface area (Å²) < 4.78 is 62.6. The molecule has 1 aromatic carbocycles. The zero-order valence-electron chi connectivity index (χ0n) is 11.6. The molecule has 23 heavy (non-hydrogen) atoms. The van der Waals surface area contributed by atoms with Crippen LogP contribution in [0.1, 0.15) is 12.2 Å². The Hall–Kier alpha value is -1.42. The molecule has 0 aliphatic carbocycles. The number of hydrogen-bond acceptors (Lipinski definition) is 5. The third-order valence-electron chi connectivity index (χ3n) is 3.48. The summed E-state index contributed by atoms with van der Waals surface area (Å²) in [7, 11) is -3.15. The van der Waals surface area contributed by atoms with Crippen LogP contribution in [0.2, 0.25) is 0 Å². The molecular formula is C13H11BrF3N3O2S. The van der Waals surface area contributed by atoms with Gasteiger partial charge in [-0.15, -0.1) is 0 Å². The minimum atomic E-state index is -4.68. The lowest BCUT2D eigenvalue weighted by atomic mass is 10.2. The monoisotopic (exact) mass is 409 g/mol. The zero-order valence-corrected chi connectivity index (χ0v) is 14.0. The molecule has 2 heterocycles. The van der Waals surface area contributed by atoms with Gasteiger partial charge in [0.2, 0.25) is 5.82 Å². The Kier molecular flexibility index (Phi) is 3.99. The molecule has 1 aliphatic rings. The standard InChI is InChI=1S/C13H11BrF3N3O2S/c14-7-1-2-10-9(5-7)11(20-12(19-10)13(15,16)17)18-8-3-4-23(21,22)6-8/h1-2,5,8H,3-4,6H2,(H,18,19,20). The van der Waals surface area contributed by atoms with Crippen LogP contribution in [0, 0.1) is 0 Å². The van der Waals surface area contributed by atoms with Crippen LogP contribution in [0.4, 0.5) is 19.0 Å². The van der Waals surface area contributed by atoms with Crippen molar-refractivity contribution in [2.24, 2.45) is 0 Å². The molecule has 0 spiro atoms. The van der Waals surface area contributed by atoms with Gasteiger partial charge < -0.3 is 5.32 Å². The molecule has 1 N–H and O–H groups in total. The molecule has 3 rings (SSSR count). The summed E-state index contributed by atoms with van der Waals surface area (Å²) in [5.74, 6) is -1.36. The maximum Gasteiger partial charge on any atom is 0.451 e. The van der Waals surface area contributed by atoms with E-state index in [1.54, 1.807) is 12.1 Å². The summed E-state index contributed by atoms with van der Waals surface area (Å²) >= 11 is 3.25. The molecule has 1 atom stereocenters. The first kappa shape index (κ1) is 16.4. The van der Waals surface area contributed by atoms with Gasteiger partial charge in [-0.25, -0.2) is 18.4 Å². The number of rotatable bonds is 2. The Morgan fingerprint density at radius 2 is 2.00 bits per heavy atom. The van der Waals surface area contributed by atoms with E-state index in [0.717, 1.165) is 0 Å². The minimum Gasteiger partial charge on any atom is -0.366 e. The molecular weight excluding hydrogens is 399 g/mol. The topological polar surface area (TPSA) is 72.0 Å². The summed E-state index contributed by atoms with van der Waals surface area (Å²) in [6.45, 7) is 0. The fraction of sp³-hybridized carbons (Fsp3) is 0.385. The van der Waals surface area contributed by atoms with Gasteiger partial charge in [0.15, 0.2) is 9.84 Å². The van der Waals surface area contributed by atoms with Crippen molar-refractivity contribution in [2.45, 2.75) is 18.6 Å². The first-order valence-electron chi connectivity index (χ1n) is 6.65. The predicted molar refractivity (Wildman–Crippen MR) is 82.9 cm³/mol. The lowest BCUT2D eigenvalue weighted by Gasteiger charge is -2.15. The third kappa shape index (κ3) is 3.57. The Morgan fingerprint density at radius 3 is 2.61 bits per heavy atom. The van der Waals surface area contributed by atoms with Crippen molar-refractivity contribution in [3.05, 3.63) is 28.5 Å². The second-order valence-electron chi connectivity index (χ2n) is 5.30. The Morgan fingerprint density at radius 1 is 1.26 bits per heavy atom. The van der Waals surface area contributed by atoms with Gasteiger partial charge in [0.1, 0.15) is 5.82 Å². The van der Waals surface area contributed by atoms with Crippen LogP contribution in [0.5, 0.6) is 0 Å². The average molecular weight is 410 g/mol. The van der Waals surface area contributed by atoms with Gasteiger partial charge in [0, 0.05) is 15.9 Å². The molecule has 2 aromatic rings. The first-order valence-corrected chi connectivity index (χ1v) is 9.27. The van der Waals surface area contributed by atoms with Crippen LogP contribution in [0.15, 0.2) is 22.7 Å². The van der Waals surface area contributed by atoms with Crippen LogP contribution >= 0.6 is 15.9 Å². The van der Waals surface area contributed by atoms with Crippen molar-refractivity contribution >= 4 is 42.5 Å². The van der Waals surface area contributed by atoms with Crippen LogP contribution < -0.4 is 5.32 Å². The molecule has 10 heteroatoms. The summed E-state index contributed by atoms with van der Waals surface area (Å²) in [6.07, 6.45) is -4.34. The smallest absolute Gasteiger partial charge is 0.366 e. The highest BCUT2D eigenvalue weighted by Gasteiger charge is 2.36. The lowest BCUT2D eigenvalue weighted by Crippen LogP contribution is -2.23. The van der Waals surface area contributed by atoms with Crippen molar-refractivity contribution in [1.29, 1.82) is 0 Å². The van der Waals surface area contributed by atoms with Gasteiger partial charge >= 0.3 is 6.18 Å². The normalized spacial score (nSPS) is 20.8. The third-order valence-corrected chi connectivity index (χ3v) is 5.75. The van der Waals surface area contributed by atoms with Crippen LogP contribution in [-0.2, 0) is 16.0 Å². The molecule has 1 saturated heterocycles. The molecule has 124 valence electrons. The molecule has 0 saturated carbocycles. The van der Waals surface area contributed by atoms with Crippen molar-refractivity contribution in [2.75, 3.05) is 16.8 Å². The maximum absolute atomic E-state index is 13.0. The van der Waals surface area contributed by atoms with E-state index in [4.69, 9.17) is 0 Å². The summed E-state index contributed by atoms with van der Waals surface area (Å²) in [5.41, 5.74) is 0.138. The van der Waals surface area contributed by atoms with Crippen LogP contribution in [0.3, 0.4) is 0 Å². The second-order valence-corrected chi connectivity index (χ2v) is 8.44. The number of nitrogens with one attached hydrogen (secondary N) is 1. The Bertz CT molecular complexity index is 871. The zero-order chi connectivity index (χ0) is 16.8.